The number of hydrogen-bond acceptors (Lipinski definition) is 3. The predicted molar refractivity (Wildman–Crippen MR) is 174 cm³/mol. The van der Waals surface area contributed by atoms with Crippen LogP contribution in [0.1, 0.15) is 152 Å². The van der Waals surface area contributed by atoms with Crippen LogP contribution in [0.4, 0.5) is 0 Å². The molecule has 0 saturated carbocycles. The van der Waals surface area contributed by atoms with Gasteiger partial charge in [0.2, 0.25) is 0 Å². The first-order valence-electron chi connectivity index (χ1n) is 16.6. The summed E-state index contributed by atoms with van der Waals surface area (Å²) in [6.07, 6.45) is 16.3. The maximum Gasteiger partial charge on any atom is 0.163 e. The number of hydrogen-bond donors (Lipinski definition) is 0. The molecule has 4 unspecified atom stereocenters. The summed E-state index contributed by atoms with van der Waals surface area (Å²) in [5, 5.41) is 0. The number of carbonyl (C=O) groups is 3. The van der Waals surface area contributed by atoms with E-state index in [0.29, 0.717) is 18.3 Å². The average molecular weight is 563 g/mol. The summed E-state index contributed by atoms with van der Waals surface area (Å²) in [6.45, 7) is 18.9. The standard InChI is InChI=1S/C35H50O3.C3H8/c1-8-12-29(30(9-2)33(37)17-24(6)36)18-26-19-32-31(22(3)4)21-28(25(7)35(32)34(38)20-26)16-11-15-27-14-10-13-23(27)5;1-3-2/h10,13-14,21-23,26,29-30H,8-9,11-12,15-20H2,1-7H3;3H2,1-2H3. The van der Waals surface area contributed by atoms with Gasteiger partial charge in [-0.15, -0.1) is 0 Å². The van der Waals surface area contributed by atoms with E-state index in [2.05, 4.69) is 79.7 Å². The molecule has 1 aromatic carbocycles. The Kier molecular flexibility index (Phi) is 14.5. The van der Waals surface area contributed by atoms with Crippen LogP contribution in [0.25, 0.3) is 0 Å². The van der Waals surface area contributed by atoms with E-state index in [1.54, 1.807) is 0 Å². The topological polar surface area (TPSA) is 51.2 Å². The van der Waals surface area contributed by atoms with Crippen molar-refractivity contribution in [3.63, 3.8) is 0 Å². The third-order valence-electron chi connectivity index (χ3n) is 9.05. The van der Waals surface area contributed by atoms with Crippen LogP contribution in [0.2, 0.25) is 0 Å². The maximum atomic E-state index is 13.7. The first-order valence-corrected chi connectivity index (χ1v) is 16.6. The molecule has 3 rings (SSSR count). The lowest BCUT2D eigenvalue weighted by atomic mass is 9.70. The molecule has 0 saturated heterocycles. The van der Waals surface area contributed by atoms with Crippen molar-refractivity contribution in [2.24, 2.45) is 23.7 Å². The smallest absolute Gasteiger partial charge is 0.163 e. The zero-order valence-electron chi connectivity index (χ0n) is 27.7. The van der Waals surface area contributed by atoms with E-state index in [9.17, 15) is 14.4 Å². The molecule has 0 spiro atoms. The van der Waals surface area contributed by atoms with Gasteiger partial charge in [-0.25, -0.2) is 0 Å². The minimum absolute atomic E-state index is 0.0390. The molecule has 0 radical (unpaired) electrons. The van der Waals surface area contributed by atoms with Crippen LogP contribution in [-0.2, 0) is 22.4 Å². The van der Waals surface area contributed by atoms with Crippen LogP contribution in [0.15, 0.2) is 29.9 Å². The van der Waals surface area contributed by atoms with Crippen molar-refractivity contribution in [3.05, 3.63) is 57.7 Å². The van der Waals surface area contributed by atoms with E-state index < -0.39 is 0 Å². The highest BCUT2D eigenvalue weighted by Gasteiger charge is 2.34. The summed E-state index contributed by atoms with van der Waals surface area (Å²) < 4.78 is 0. The van der Waals surface area contributed by atoms with Gasteiger partial charge in [0.15, 0.2) is 5.78 Å². The van der Waals surface area contributed by atoms with Gasteiger partial charge < -0.3 is 0 Å². The lowest BCUT2D eigenvalue weighted by Gasteiger charge is -2.33. The third-order valence-corrected chi connectivity index (χ3v) is 9.05. The van der Waals surface area contributed by atoms with Crippen molar-refractivity contribution >= 4 is 17.3 Å². The quantitative estimate of drug-likeness (QED) is 0.212. The van der Waals surface area contributed by atoms with Gasteiger partial charge in [0.05, 0.1) is 6.42 Å². The first kappa shape index (κ1) is 34.9. The lowest BCUT2D eigenvalue weighted by Crippen LogP contribution is -2.30. The maximum absolute atomic E-state index is 13.7. The highest BCUT2D eigenvalue weighted by molar-refractivity contribution is 6.01. The molecule has 3 nitrogen and oxygen atoms in total. The Balaban J connectivity index is 0.00000187. The molecule has 4 atom stereocenters. The van der Waals surface area contributed by atoms with Gasteiger partial charge in [0, 0.05) is 17.9 Å². The number of carbonyl (C=O) groups excluding carboxylic acids is 3. The molecule has 1 aromatic rings. The van der Waals surface area contributed by atoms with E-state index >= 15 is 0 Å². The SMILES string of the molecule is CCC.CCCC(CC1CC(=O)c2c(C)c(CCCC3=CC=CC3C)cc(C(C)C)c2C1)C(CC)C(=O)CC(C)=O. The number of allylic oxidation sites excluding steroid dienone is 4. The summed E-state index contributed by atoms with van der Waals surface area (Å²) in [5.74, 6) is 1.64. The summed E-state index contributed by atoms with van der Waals surface area (Å²) in [6, 6.07) is 2.40. The fraction of sp³-hybridized carbons (Fsp3) is 0.658. The number of ketones is 3. The van der Waals surface area contributed by atoms with E-state index in [4.69, 9.17) is 0 Å². The normalized spacial score (nSPS) is 19.4. The van der Waals surface area contributed by atoms with Crippen molar-refractivity contribution in [1.82, 2.24) is 0 Å². The molecule has 0 amide bonds. The van der Waals surface area contributed by atoms with Crippen LogP contribution >= 0.6 is 0 Å². The zero-order chi connectivity index (χ0) is 30.7. The third kappa shape index (κ3) is 9.62. The Bertz CT molecular complexity index is 1100. The lowest BCUT2D eigenvalue weighted by molar-refractivity contribution is -0.129. The minimum atomic E-state index is -0.0862. The molecule has 2 aliphatic rings. The Morgan fingerprint density at radius 2 is 1.73 bits per heavy atom. The van der Waals surface area contributed by atoms with Crippen molar-refractivity contribution in [2.45, 2.75) is 139 Å². The van der Waals surface area contributed by atoms with E-state index in [1.165, 1.54) is 41.2 Å². The number of rotatable bonds is 14. The molecule has 0 fully saturated rings. The van der Waals surface area contributed by atoms with E-state index in [-0.39, 0.29) is 41.5 Å². The Labute approximate surface area is 251 Å². The summed E-state index contributed by atoms with van der Waals surface area (Å²) in [7, 11) is 0. The van der Waals surface area contributed by atoms with E-state index in [1.807, 2.05) is 0 Å². The molecule has 0 aliphatic heterocycles. The van der Waals surface area contributed by atoms with Gasteiger partial charge in [-0.05, 0) is 98.3 Å². The first-order chi connectivity index (χ1) is 19.5. The van der Waals surface area contributed by atoms with Crippen molar-refractivity contribution in [1.29, 1.82) is 0 Å². The molecular formula is C38H58O3. The summed E-state index contributed by atoms with van der Waals surface area (Å²) in [5.41, 5.74) is 7.62. The predicted octanol–water partition coefficient (Wildman–Crippen LogP) is 10.1. The molecule has 228 valence electrons. The average Bonchev–Trinajstić information content (AvgIpc) is 3.30. The monoisotopic (exact) mass is 562 g/mol. The highest BCUT2D eigenvalue weighted by Crippen LogP contribution is 2.40. The largest absolute Gasteiger partial charge is 0.300 e. The van der Waals surface area contributed by atoms with Gasteiger partial charge in [0.25, 0.3) is 0 Å². The Morgan fingerprint density at radius 3 is 2.27 bits per heavy atom. The fourth-order valence-electron chi connectivity index (χ4n) is 7.08. The Morgan fingerprint density at radius 1 is 1.05 bits per heavy atom. The molecule has 0 heterocycles. The van der Waals surface area contributed by atoms with Crippen LogP contribution in [0, 0.1) is 30.6 Å². The number of fused-ring (bicyclic) bond motifs is 1. The Hall–Kier alpha value is -2.29. The van der Waals surface area contributed by atoms with Gasteiger partial charge in [-0.3, -0.25) is 14.4 Å². The molecule has 0 bridgehead atoms. The van der Waals surface area contributed by atoms with Crippen molar-refractivity contribution in [3.8, 4) is 0 Å². The molecule has 2 aliphatic carbocycles. The van der Waals surface area contributed by atoms with Crippen LogP contribution in [0.3, 0.4) is 0 Å². The molecular weight excluding hydrogens is 504 g/mol. The second-order valence-electron chi connectivity index (χ2n) is 13.1. The highest BCUT2D eigenvalue weighted by atomic mass is 16.1. The number of aryl methyl sites for hydroxylation is 1. The van der Waals surface area contributed by atoms with Crippen LogP contribution in [0.5, 0.6) is 0 Å². The minimum Gasteiger partial charge on any atom is -0.300 e. The van der Waals surface area contributed by atoms with Crippen LogP contribution in [-0.4, -0.2) is 17.3 Å². The van der Waals surface area contributed by atoms with Crippen molar-refractivity contribution < 1.29 is 14.4 Å². The zero-order valence-corrected chi connectivity index (χ0v) is 27.7. The fourth-order valence-corrected chi connectivity index (χ4v) is 7.08. The van der Waals surface area contributed by atoms with Gasteiger partial charge in [-0.1, -0.05) is 97.6 Å². The molecule has 0 aromatic heterocycles. The number of Topliss-reactive ketones (excluding diaryl/α,β-unsaturated/α-hetero) is 3. The van der Waals surface area contributed by atoms with Gasteiger partial charge >= 0.3 is 0 Å². The number of benzene rings is 1. The second-order valence-corrected chi connectivity index (χ2v) is 13.1. The molecule has 41 heavy (non-hydrogen) atoms. The summed E-state index contributed by atoms with van der Waals surface area (Å²) >= 11 is 0. The second kappa shape index (κ2) is 17.0. The van der Waals surface area contributed by atoms with Gasteiger partial charge in [0.1, 0.15) is 11.6 Å². The molecule has 3 heteroatoms. The van der Waals surface area contributed by atoms with E-state index in [0.717, 1.165) is 56.9 Å². The van der Waals surface area contributed by atoms with Crippen molar-refractivity contribution in [2.75, 3.05) is 0 Å². The van der Waals surface area contributed by atoms with Gasteiger partial charge in [-0.2, -0.15) is 0 Å². The molecule has 0 N–H and O–H groups in total. The summed E-state index contributed by atoms with van der Waals surface area (Å²) in [4.78, 5) is 38.3. The van der Waals surface area contributed by atoms with Crippen LogP contribution < -0.4 is 0 Å².